The number of hydrogen-bond acceptors (Lipinski definition) is 4. The average molecular weight is 273 g/mol. The molecule has 2 aromatic carbocycles. The standard InChI is InChI=1S/C16H19NO3/c1-17(2)13-7-5-6-11(8-13)12-9-14(19-3)16(18)15(10-12)20-4/h5-10,18H,1-4H3. The fourth-order valence-corrected chi connectivity index (χ4v) is 2.02. The zero-order chi connectivity index (χ0) is 14.7. The molecule has 20 heavy (non-hydrogen) atoms. The second-order valence-electron chi connectivity index (χ2n) is 4.67. The Hall–Kier alpha value is -2.36. The molecular weight excluding hydrogens is 254 g/mol. The summed E-state index contributed by atoms with van der Waals surface area (Å²) in [5.41, 5.74) is 3.07. The van der Waals surface area contributed by atoms with E-state index in [1.54, 1.807) is 12.1 Å². The van der Waals surface area contributed by atoms with Crippen LogP contribution in [-0.4, -0.2) is 33.4 Å². The van der Waals surface area contributed by atoms with Gasteiger partial charge in [-0.2, -0.15) is 0 Å². The van der Waals surface area contributed by atoms with E-state index < -0.39 is 0 Å². The summed E-state index contributed by atoms with van der Waals surface area (Å²) in [6, 6.07) is 11.7. The van der Waals surface area contributed by atoms with Crippen molar-refractivity contribution in [3.63, 3.8) is 0 Å². The van der Waals surface area contributed by atoms with Crippen LogP contribution in [0.4, 0.5) is 5.69 Å². The first-order valence-corrected chi connectivity index (χ1v) is 6.29. The van der Waals surface area contributed by atoms with Gasteiger partial charge in [-0.15, -0.1) is 0 Å². The lowest BCUT2D eigenvalue weighted by atomic mass is 10.0. The molecule has 0 heterocycles. The van der Waals surface area contributed by atoms with Gasteiger partial charge in [-0.25, -0.2) is 0 Å². The normalized spacial score (nSPS) is 10.2. The van der Waals surface area contributed by atoms with Crippen molar-refractivity contribution < 1.29 is 14.6 Å². The zero-order valence-electron chi connectivity index (χ0n) is 12.2. The lowest BCUT2D eigenvalue weighted by molar-refractivity contribution is 0.340. The first-order valence-electron chi connectivity index (χ1n) is 6.29. The summed E-state index contributed by atoms with van der Waals surface area (Å²) in [4.78, 5) is 2.04. The maximum Gasteiger partial charge on any atom is 0.200 e. The average Bonchev–Trinajstić information content (AvgIpc) is 2.47. The van der Waals surface area contributed by atoms with Crippen molar-refractivity contribution in [2.24, 2.45) is 0 Å². The van der Waals surface area contributed by atoms with E-state index in [1.807, 2.05) is 37.2 Å². The molecule has 0 spiro atoms. The smallest absolute Gasteiger partial charge is 0.200 e. The van der Waals surface area contributed by atoms with E-state index in [2.05, 4.69) is 6.07 Å². The summed E-state index contributed by atoms with van der Waals surface area (Å²) in [6.07, 6.45) is 0. The van der Waals surface area contributed by atoms with Crippen LogP contribution < -0.4 is 14.4 Å². The van der Waals surface area contributed by atoms with E-state index in [0.29, 0.717) is 11.5 Å². The van der Waals surface area contributed by atoms with Crippen molar-refractivity contribution in [3.8, 4) is 28.4 Å². The molecule has 0 aliphatic carbocycles. The molecule has 0 bridgehead atoms. The lowest BCUT2D eigenvalue weighted by Crippen LogP contribution is -2.08. The van der Waals surface area contributed by atoms with Crippen molar-refractivity contribution in [1.82, 2.24) is 0 Å². The molecule has 0 aromatic heterocycles. The molecule has 4 heteroatoms. The predicted molar refractivity (Wildman–Crippen MR) is 81.0 cm³/mol. The fraction of sp³-hybridized carbons (Fsp3) is 0.250. The number of benzene rings is 2. The molecule has 0 saturated carbocycles. The molecule has 0 aliphatic rings. The molecule has 4 nitrogen and oxygen atoms in total. The van der Waals surface area contributed by atoms with Gasteiger partial charge in [0.2, 0.25) is 5.75 Å². The minimum atomic E-state index is 0.0162. The quantitative estimate of drug-likeness (QED) is 0.929. The Balaban J connectivity index is 2.54. The van der Waals surface area contributed by atoms with Crippen LogP contribution in [-0.2, 0) is 0 Å². The third-order valence-electron chi connectivity index (χ3n) is 3.18. The Morgan fingerprint density at radius 2 is 1.50 bits per heavy atom. The molecular formula is C16H19NO3. The highest BCUT2D eigenvalue weighted by atomic mass is 16.5. The third-order valence-corrected chi connectivity index (χ3v) is 3.18. The highest BCUT2D eigenvalue weighted by Gasteiger charge is 2.12. The summed E-state index contributed by atoms with van der Waals surface area (Å²) in [6.45, 7) is 0. The van der Waals surface area contributed by atoms with Crippen molar-refractivity contribution in [3.05, 3.63) is 36.4 Å². The van der Waals surface area contributed by atoms with Gasteiger partial charge in [0, 0.05) is 19.8 Å². The molecule has 0 atom stereocenters. The van der Waals surface area contributed by atoms with E-state index in [1.165, 1.54) is 14.2 Å². The Morgan fingerprint density at radius 1 is 0.900 bits per heavy atom. The van der Waals surface area contributed by atoms with Crippen LogP contribution in [0.25, 0.3) is 11.1 Å². The molecule has 0 radical (unpaired) electrons. The van der Waals surface area contributed by atoms with Gasteiger partial charge in [-0.05, 0) is 35.4 Å². The summed E-state index contributed by atoms with van der Waals surface area (Å²) in [5.74, 6) is 0.812. The molecule has 106 valence electrons. The molecule has 2 aromatic rings. The summed E-state index contributed by atoms with van der Waals surface area (Å²) in [5, 5.41) is 9.94. The largest absolute Gasteiger partial charge is 0.502 e. The van der Waals surface area contributed by atoms with Gasteiger partial charge in [-0.1, -0.05) is 12.1 Å². The molecule has 0 amide bonds. The Bertz CT molecular complexity index is 583. The number of rotatable bonds is 4. The minimum absolute atomic E-state index is 0.0162. The number of ether oxygens (including phenoxy) is 2. The molecule has 0 aliphatic heterocycles. The summed E-state index contributed by atoms with van der Waals surface area (Å²) in [7, 11) is 7.04. The molecule has 0 saturated heterocycles. The van der Waals surface area contributed by atoms with Gasteiger partial charge in [0.1, 0.15) is 0 Å². The topological polar surface area (TPSA) is 41.9 Å². The van der Waals surface area contributed by atoms with Gasteiger partial charge < -0.3 is 19.5 Å². The maximum absolute atomic E-state index is 9.94. The fourth-order valence-electron chi connectivity index (χ4n) is 2.02. The number of anilines is 1. The molecule has 0 fully saturated rings. The minimum Gasteiger partial charge on any atom is -0.502 e. The number of phenolic OH excluding ortho intramolecular Hbond substituents is 1. The highest BCUT2D eigenvalue weighted by Crippen LogP contribution is 2.40. The monoisotopic (exact) mass is 273 g/mol. The first-order chi connectivity index (χ1) is 9.56. The van der Waals surface area contributed by atoms with Gasteiger partial charge >= 0.3 is 0 Å². The first kappa shape index (κ1) is 14.1. The van der Waals surface area contributed by atoms with Crippen LogP contribution in [0.5, 0.6) is 17.2 Å². The molecule has 1 N–H and O–H groups in total. The van der Waals surface area contributed by atoms with Crippen LogP contribution in [0, 0.1) is 0 Å². The van der Waals surface area contributed by atoms with Crippen LogP contribution in [0.3, 0.4) is 0 Å². The second kappa shape index (κ2) is 5.74. The summed E-state index contributed by atoms with van der Waals surface area (Å²) >= 11 is 0. The number of phenols is 1. The maximum atomic E-state index is 9.94. The number of aromatic hydroxyl groups is 1. The number of nitrogens with zero attached hydrogens (tertiary/aromatic N) is 1. The SMILES string of the molecule is COc1cc(-c2cccc(N(C)C)c2)cc(OC)c1O. The van der Waals surface area contributed by atoms with Crippen LogP contribution >= 0.6 is 0 Å². The lowest BCUT2D eigenvalue weighted by Gasteiger charge is -2.15. The van der Waals surface area contributed by atoms with E-state index in [0.717, 1.165) is 16.8 Å². The van der Waals surface area contributed by atoms with Crippen LogP contribution in [0.2, 0.25) is 0 Å². The zero-order valence-corrected chi connectivity index (χ0v) is 12.2. The Morgan fingerprint density at radius 3 is 2.00 bits per heavy atom. The molecule has 2 rings (SSSR count). The number of methoxy groups -OCH3 is 2. The van der Waals surface area contributed by atoms with E-state index in [-0.39, 0.29) is 5.75 Å². The van der Waals surface area contributed by atoms with Crippen LogP contribution in [0.1, 0.15) is 0 Å². The Kier molecular flexibility index (Phi) is 4.03. The third kappa shape index (κ3) is 2.64. The van der Waals surface area contributed by atoms with Crippen molar-refractivity contribution in [1.29, 1.82) is 0 Å². The summed E-state index contributed by atoms with van der Waals surface area (Å²) < 4.78 is 10.4. The highest BCUT2D eigenvalue weighted by molar-refractivity contribution is 5.73. The van der Waals surface area contributed by atoms with E-state index in [4.69, 9.17) is 9.47 Å². The number of hydrogen-bond donors (Lipinski definition) is 1. The molecule has 0 unspecified atom stereocenters. The van der Waals surface area contributed by atoms with Crippen molar-refractivity contribution in [2.75, 3.05) is 33.2 Å². The van der Waals surface area contributed by atoms with Gasteiger partial charge in [0.25, 0.3) is 0 Å². The van der Waals surface area contributed by atoms with Gasteiger partial charge in [0.05, 0.1) is 14.2 Å². The van der Waals surface area contributed by atoms with Crippen molar-refractivity contribution in [2.45, 2.75) is 0 Å². The predicted octanol–water partition coefficient (Wildman–Crippen LogP) is 3.14. The van der Waals surface area contributed by atoms with Crippen molar-refractivity contribution >= 4 is 5.69 Å². The van der Waals surface area contributed by atoms with E-state index >= 15 is 0 Å². The van der Waals surface area contributed by atoms with Gasteiger partial charge in [-0.3, -0.25) is 0 Å². The second-order valence-corrected chi connectivity index (χ2v) is 4.67. The van der Waals surface area contributed by atoms with E-state index in [9.17, 15) is 5.11 Å². The van der Waals surface area contributed by atoms with Crippen LogP contribution in [0.15, 0.2) is 36.4 Å². The van der Waals surface area contributed by atoms with Gasteiger partial charge in [0.15, 0.2) is 11.5 Å². The Labute approximate surface area is 119 Å².